The molecular formula is C13H29O3V. The second kappa shape index (κ2) is 8.55. The third-order valence-electron chi connectivity index (χ3n) is 1.63. The summed E-state index contributed by atoms with van der Waals surface area (Å²) in [5, 5.41) is 0. The maximum atomic E-state index is 5.81. The van der Waals surface area contributed by atoms with E-state index >= 15 is 0 Å². The summed E-state index contributed by atoms with van der Waals surface area (Å²) in [5.41, 5.74) is 0.162. The Labute approximate surface area is 113 Å². The molecule has 0 N–H and O–H groups in total. The van der Waals surface area contributed by atoms with Crippen LogP contribution in [0.3, 0.4) is 0 Å². The molecule has 0 aromatic carbocycles. The predicted octanol–water partition coefficient (Wildman–Crippen LogP) is 3.76. The van der Waals surface area contributed by atoms with Gasteiger partial charge in [0.05, 0.1) is 0 Å². The van der Waals surface area contributed by atoms with E-state index < -0.39 is 16.2 Å². The van der Waals surface area contributed by atoms with Gasteiger partial charge in [0, 0.05) is 0 Å². The van der Waals surface area contributed by atoms with Crippen LogP contribution >= 0.6 is 0 Å². The fraction of sp³-hybridized carbons (Fsp3) is 1.00. The summed E-state index contributed by atoms with van der Waals surface area (Å²) in [7, 11) is 0. The molecule has 0 aliphatic rings. The first-order valence-electron chi connectivity index (χ1n) is 6.39. The van der Waals surface area contributed by atoms with Crippen molar-refractivity contribution >= 4 is 0 Å². The first kappa shape index (κ1) is 17.5. The van der Waals surface area contributed by atoms with Crippen molar-refractivity contribution in [3.8, 4) is 0 Å². The standard InChI is InChI=1S/C5H11O.2C4H9O.V/c1-5(2,3)4-6;2*1-4(2)3-5;/h4H2,1-3H3;2*4H,3H2,1-2H3;/q3*-1;+3. The molecule has 0 amide bonds. The molecule has 0 spiro atoms. The SMILES string of the molecule is CC(C)C[O][V]([O]CC(C)C)[O]CC(C)(C)C. The third kappa shape index (κ3) is 12.7. The summed E-state index contributed by atoms with van der Waals surface area (Å²) in [6.07, 6.45) is 0. The molecule has 0 rings (SSSR count). The Morgan fingerprint density at radius 2 is 1.24 bits per heavy atom. The van der Waals surface area contributed by atoms with Gasteiger partial charge in [0.2, 0.25) is 0 Å². The van der Waals surface area contributed by atoms with Gasteiger partial charge in [-0.3, -0.25) is 0 Å². The second-order valence-corrected chi connectivity index (χ2v) is 8.34. The molecule has 0 saturated carbocycles. The van der Waals surface area contributed by atoms with Gasteiger partial charge >= 0.3 is 113 Å². The summed E-state index contributed by atoms with van der Waals surface area (Å²) in [6, 6.07) is 0. The Bertz CT molecular complexity index is 176. The molecule has 104 valence electrons. The van der Waals surface area contributed by atoms with Crippen molar-refractivity contribution in [2.45, 2.75) is 48.5 Å². The molecule has 4 heteroatoms. The van der Waals surface area contributed by atoms with Gasteiger partial charge in [-0.05, 0) is 0 Å². The zero-order valence-electron chi connectivity index (χ0n) is 12.4. The quantitative estimate of drug-likeness (QED) is 0.679. The van der Waals surface area contributed by atoms with Crippen LogP contribution in [-0.2, 0) is 27.2 Å². The minimum absolute atomic E-state index is 0.162. The molecule has 0 radical (unpaired) electrons. The number of rotatable bonds is 8. The molecule has 0 atom stereocenters. The van der Waals surface area contributed by atoms with Gasteiger partial charge in [-0.15, -0.1) is 0 Å². The van der Waals surface area contributed by atoms with E-state index in [0.717, 1.165) is 13.2 Å². The van der Waals surface area contributed by atoms with Gasteiger partial charge in [0.15, 0.2) is 0 Å². The zero-order chi connectivity index (χ0) is 13.5. The summed E-state index contributed by atoms with van der Waals surface area (Å²) < 4.78 is 17.3. The van der Waals surface area contributed by atoms with Crippen LogP contribution in [0.15, 0.2) is 0 Å². The van der Waals surface area contributed by atoms with E-state index in [0.29, 0.717) is 18.4 Å². The molecular weight excluding hydrogens is 255 g/mol. The van der Waals surface area contributed by atoms with Gasteiger partial charge in [0.1, 0.15) is 0 Å². The van der Waals surface area contributed by atoms with Crippen molar-refractivity contribution in [1.29, 1.82) is 0 Å². The monoisotopic (exact) mass is 284 g/mol. The van der Waals surface area contributed by atoms with Crippen molar-refractivity contribution in [2.75, 3.05) is 19.8 Å². The zero-order valence-corrected chi connectivity index (χ0v) is 13.8. The Kier molecular flexibility index (Phi) is 8.78. The van der Waals surface area contributed by atoms with Gasteiger partial charge in [-0.25, -0.2) is 0 Å². The van der Waals surface area contributed by atoms with Gasteiger partial charge in [-0.2, -0.15) is 0 Å². The molecule has 17 heavy (non-hydrogen) atoms. The first-order chi connectivity index (χ1) is 7.70. The molecule has 0 unspecified atom stereocenters. The summed E-state index contributed by atoms with van der Waals surface area (Å²) in [6.45, 7) is 17.2. The van der Waals surface area contributed by atoms with Crippen LogP contribution in [0.5, 0.6) is 0 Å². The molecule has 0 heterocycles. The fourth-order valence-electron chi connectivity index (χ4n) is 0.778. The van der Waals surface area contributed by atoms with Gasteiger partial charge in [0.25, 0.3) is 0 Å². The van der Waals surface area contributed by atoms with Gasteiger partial charge < -0.3 is 0 Å². The molecule has 0 aromatic rings. The van der Waals surface area contributed by atoms with Gasteiger partial charge in [-0.1, -0.05) is 0 Å². The molecule has 0 aliphatic heterocycles. The normalized spacial score (nSPS) is 13.1. The Balaban J connectivity index is 4.01. The van der Waals surface area contributed by atoms with E-state index in [1.165, 1.54) is 0 Å². The van der Waals surface area contributed by atoms with E-state index in [2.05, 4.69) is 48.5 Å². The molecule has 0 fully saturated rings. The average molecular weight is 284 g/mol. The summed E-state index contributed by atoms with van der Waals surface area (Å²) >= 11 is -2.02. The van der Waals surface area contributed by atoms with Crippen LogP contribution in [0, 0.1) is 17.3 Å². The number of hydrogen-bond acceptors (Lipinski definition) is 3. The van der Waals surface area contributed by atoms with Crippen LogP contribution in [0.2, 0.25) is 0 Å². The van der Waals surface area contributed by atoms with Crippen molar-refractivity contribution < 1.29 is 27.2 Å². The minimum atomic E-state index is -2.02. The third-order valence-corrected chi connectivity index (χ3v) is 3.28. The summed E-state index contributed by atoms with van der Waals surface area (Å²) in [4.78, 5) is 0. The first-order valence-corrected chi connectivity index (χ1v) is 8.10. The number of hydrogen-bond donors (Lipinski definition) is 0. The van der Waals surface area contributed by atoms with Crippen molar-refractivity contribution in [3.63, 3.8) is 0 Å². The van der Waals surface area contributed by atoms with Crippen LogP contribution in [0.25, 0.3) is 0 Å². The summed E-state index contributed by atoms with van der Waals surface area (Å²) in [5.74, 6) is 1.04. The van der Waals surface area contributed by atoms with Crippen molar-refractivity contribution in [3.05, 3.63) is 0 Å². The van der Waals surface area contributed by atoms with Crippen LogP contribution in [0.4, 0.5) is 0 Å². The Morgan fingerprint density at radius 3 is 1.53 bits per heavy atom. The molecule has 0 aliphatic carbocycles. The molecule has 0 bridgehead atoms. The maximum absolute atomic E-state index is 5.81. The predicted molar refractivity (Wildman–Crippen MR) is 67.0 cm³/mol. The van der Waals surface area contributed by atoms with Crippen molar-refractivity contribution in [1.82, 2.24) is 0 Å². The van der Waals surface area contributed by atoms with Crippen LogP contribution in [0.1, 0.15) is 48.5 Å². The van der Waals surface area contributed by atoms with Crippen LogP contribution in [-0.4, -0.2) is 19.8 Å². The van der Waals surface area contributed by atoms with E-state index in [4.69, 9.17) is 11.0 Å². The van der Waals surface area contributed by atoms with E-state index in [1.807, 2.05) is 0 Å². The molecule has 3 nitrogen and oxygen atoms in total. The average Bonchev–Trinajstić information content (AvgIpc) is 2.14. The fourth-order valence-corrected chi connectivity index (χ4v) is 3.21. The Morgan fingerprint density at radius 1 is 0.824 bits per heavy atom. The van der Waals surface area contributed by atoms with E-state index in [1.54, 1.807) is 0 Å². The van der Waals surface area contributed by atoms with Crippen LogP contribution < -0.4 is 0 Å². The Hall–Kier alpha value is 0.464. The van der Waals surface area contributed by atoms with E-state index in [-0.39, 0.29) is 5.41 Å². The van der Waals surface area contributed by atoms with Crippen molar-refractivity contribution in [2.24, 2.45) is 17.3 Å². The van der Waals surface area contributed by atoms with E-state index in [9.17, 15) is 0 Å². The topological polar surface area (TPSA) is 27.7 Å². The molecule has 0 saturated heterocycles. The second-order valence-electron chi connectivity index (χ2n) is 6.44. The molecule has 0 aromatic heterocycles.